The molecule has 2 rings (SSSR count). The molecule has 7 nitrogen and oxygen atoms in total. The average Bonchev–Trinajstić information content (AvgIpc) is 2.85. The largest absolute Gasteiger partial charge is 0.396 e. The van der Waals surface area contributed by atoms with E-state index in [9.17, 15) is 12.8 Å². The molecule has 0 radical (unpaired) electrons. The minimum Gasteiger partial charge on any atom is -0.396 e. The van der Waals surface area contributed by atoms with Crippen LogP contribution < -0.4 is 10.5 Å². The molecule has 19 heavy (non-hydrogen) atoms. The van der Waals surface area contributed by atoms with Gasteiger partial charge < -0.3 is 10.3 Å². The molecule has 1 heterocycles. The van der Waals surface area contributed by atoms with Crippen molar-refractivity contribution in [3.05, 3.63) is 36.2 Å². The maximum atomic E-state index is 13.2. The highest BCUT2D eigenvalue weighted by Gasteiger charge is 2.15. The number of nitrogens with zero attached hydrogens (tertiary/aromatic N) is 2. The van der Waals surface area contributed by atoms with E-state index >= 15 is 0 Å². The lowest BCUT2D eigenvalue weighted by Gasteiger charge is -2.06. The number of hydrogen-bond donors (Lipinski definition) is 2. The highest BCUT2D eigenvalue weighted by atomic mass is 32.2. The maximum Gasteiger partial charge on any atom is 0.240 e. The van der Waals surface area contributed by atoms with E-state index in [0.717, 1.165) is 12.5 Å². The third kappa shape index (κ3) is 3.26. The van der Waals surface area contributed by atoms with Gasteiger partial charge in [0.15, 0.2) is 5.82 Å². The fraction of sp³-hybridized carbons (Fsp3) is 0.200. The maximum absolute atomic E-state index is 13.2. The van der Waals surface area contributed by atoms with Crippen molar-refractivity contribution in [3.63, 3.8) is 0 Å². The zero-order chi connectivity index (χ0) is 13.9. The summed E-state index contributed by atoms with van der Waals surface area (Å²) in [5.41, 5.74) is 5.17. The van der Waals surface area contributed by atoms with Crippen LogP contribution in [0.1, 0.15) is 5.82 Å². The van der Waals surface area contributed by atoms with Crippen molar-refractivity contribution in [3.8, 4) is 0 Å². The van der Waals surface area contributed by atoms with E-state index in [4.69, 9.17) is 5.73 Å². The first-order valence-electron chi connectivity index (χ1n) is 5.29. The van der Waals surface area contributed by atoms with E-state index in [-0.39, 0.29) is 23.5 Å². The van der Waals surface area contributed by atoms with E-state index in [1.165, 1.54) is 12.1 Å². The van der Waals surface area contributed by atoms with Crippen molar-refractivity contribution in [2.45, 2.75) is 11.3 Å². The second-order valence-electron chi connectivity index (χ2n) is 3.68. The van der Waals surface area contributed by atoms with Crippen LogP contribution in [-0.4, -0.2) is 25.1 Å². The molecule has 2 aromatic rings. The number of nitrogens with one attached hydrogen (secondary N) is 1. The fourth-order valence-electron chi connectivity index (χ4n) is 1.36. The summed E-state index contributed by atoms with van der Waals surface area (Å²) in [5, 5.41) is 3.54. The molecule has 9 heteroatoms. The summed E-state index contributed by atoms with van der Waals surface area (Å²) in [6.07, 6.45) is 1.42. The van der Waals surface area contributed by atoms with Gasteiger partial charge in [-0.15, -0.1) is 0 Å². The van der Waals surface area contributed by atoms with Crippen molar-refractivity contribution < 1.29 is 17.3 Å². The van der Waals surface area contributed by atoms with Crippen LogP contribution in [-0.2, 0) is 16.4 Å². The molecule has 0 atom stereocenters. The lowest BCUT2D eigenvalue weighted by atomic mass is 10.3. The number of rotatable bonds is 5. The Hall–Kier alpha value is -2.00. The summed E-state index contributed by atoms with van der Waals surface area (Å²) < 4.78 is 43.7. The number of nitrogen functional groups attached to an aromatic ring is 1. The van der Waals surface area contributed by atoms with Crippen LogP contribution in [0.2, 0.25) is 0 Å². The lowest BCUT2D eigenvalue weighted by Crippen LogP contribution is -2.26. The van der Waals surface area contributed by atoms with Crippen LogP contribution >= 0.6 is 0 Å². The summed E-state index contributed by atoms with van der Waals surface area (Å²) in [6, 6.07) is 3.30. The number of benzene rings is 1. The smallest absolute Gasteiger partial charge is 0.240 e. The van der Waals surface area contributed by atoms with E-state index < -0.39 is 15.8 Å². The van der Waals surface area contributed by atoms with Crippen molar-refractivity contribution in [1.82, 2.24) is 14.9 Å². The second-order valence-corrected chi connectivity index (χ2v) is 5.45. The molecule has 102 valence electrons. The van der Waals surface area contributed by atoms with E-state index in [2.05, 4.69) is 19.4 Å². The van der Waals surface area contributed by atoms with Crippen LogP contribution in [0.4, 0.5) is 10.1 Å². The Labute approximate surface area is 108 Å². The van der Waals surface area contributed by atoms with Crippen LogP contribution in [0.15, 0.2) is 34.0 Å². The molecule has 0 saturated heterocycles. The van der Waals surface area contributed by atoms with Crippen molar-refractivity contribution in [2.75, 3.05) is 12.3 Å². The highest BCUT2D eigenvalue weighted by Crippen LogP contribution is 2.15. The molecule has 0 saturated carbocycles. The number of aromatic nitrogens is 2. The molecule has 1 aromatic carbocycles. The normalized spacial score (nSPS) is 11.6. The monoisotopic (exact) mass is 286 g/mol. The predicted octanol–water partition coefficient (Wildman–Crippen LogP) is 0.312. The second kappa shape index (κ2) is 5.33. The topological polar surface area (TPSA) is 111 Å². The number of nitrogens with two attached hydrogens (primary N) is 1. The van der Waals surface area contributed by atoms with Gasteiger partial charge in [0.2, 0.25) is 16.4 Å². The average molecular weight is 286 g/mol. The van der Waals surface area contributed by atoms with Gasteiger partial charge in [-0.05, 0) is 18.2 Å². The molecule has 0 amide bonds. The van der Waals surface area contributed by atoms with Crippen molar-refractivity contribution >= 4 is 15.7 Å². The van der Waals surface area contributed by atoms with Gasteiger partial charge in [-0.25, -0.2) is 17.5 Å². The number of halogens is 1. The zero-order valence-corrected chi connectivity index (χ0v) is 10.5. The van der Waals surface area contributed by atoms with Gasteiger partial charge in [0.25, 0.3) is 0 Å². The molecule has 3 N–H and O–H groups in total. The molecular weight excluding hydrogens is 275 g/mol. The first-order chi connectivity index (χ1) is 8.99. The van der Waals surface area contributed by atoms with E-state index in [1.54, 1.807) is 0 Å². The van der Waals surface area contributed by atoms with Crippen molar-refractivity contribution in [2.24, 2.45) is 0 Å². The van der Waals surface area contributed by atoms with Gasteiger partial charge in [0.1, 0.15) is 5.82 Å². The van der Waals surface area contributed by atoms with Gasteiger partial charge in [0.05, 0.1) is 10.6 Å². The Morgan fingerprint density at radius 2 is 2.21 bits per heavy atom. The minimum atomic E-state index is -3.78. The number of sulfonamides is 1. The third-order valence-corrected chi connectivity index (χ3v) is 3.79. The van der Waals surface area contributed by atoms with Gasteiger partial charge in [-0.1, -0.05) is 5.16 Å². The quantitative estimate of drug-likeness (QED) is 0.765. The Morgan fingerprint density at radius 3 is 2.84 bits per heavy atom. The standard InChI is InChI=1S/C10H11FN4O3S/c11-8-5-7(1-2-9(8)12)19(16,17)14-4-3-10-13-6-18-15-10/h1-2,5-6,14H,3-4,12H2. The van der Waals surface area contributed by atoms with Crippen LogP contribution in [0.3, 0.4) is 0 Å². The van der Waals surface area contributed by atoms with Crippen LogP contribution in [0.5, 0.6) is 0 Å². The summed E-state index contributed by atoms with van der Waals surface area (Å²) >= 11 is 0. The molecule has 0 aliphatic rings. The minimum absolute atomic E-state index is 0.0772. The first-order valence-corrected chi connectivity index (χ1v) is 6.77. The summed E-state index contributed by atoms with van der Waals surface area (Å²) in [6.45, 7) is 0.0772. The summed E-state index contributed by atoms with van der Waals surface area (Å²) in [5.74, 6) is -0.396. The Bertz CT molecular complexity index is 657. The van der Waals surface area contributed by atoms with Gasteiger partial charge in [0, 0.05) is 13.0 Å². The van der Waals surface area contributed by atoms with Gasteiger partial charge in [-0.2, -0.15) is 4.98 Å². The van der Waals surface area contributed by atoms with E-state index in [0.29, 0.717) is 5.82 Å². The lowest BCUT2D eigenvalue weighted by molar-refractivity contribution is 0.410. The summed E-state index contributed by atoms with van der Waals surface area (Å²) in [4.78, 5) is 3.56. The van der Waals surface area contributed by atoms with Crippen LogP contribution in [0.25, 0.3) is 0 Å². The molecule has 0 fully saturated rings. The molecule has 0 aliphatic carbocycles. The van der Waals surface area contributed by atoms with Crippen LogP contribution in [0, 0.1) is 5.82 Å². The third-order valence-electron chi connectivity index (χ3n) is 2.33. The zero-order valence-electron chi connectivity index (χ0n) is 9.71. The first kappa shape index (κ1) is 13.4. The predicted molar refractivity (Wildman–Crippen MR) is 64.0 cm³/mol. The molecular formula is C10H11FN4O3S. The molecule has 0 bridgehead atoms. The molecule has 0 aliphatic heterocycles. The molecule has 0 unspecified atom stereocenters. The number of hydrogen-bond acceptors (Lipinski definition) is 6. The Kier molecular flexibility index (Phi) is 3.76. The highest BCUT2D eigenvalue weighted by molar-refractivity contribution is 7.89. The fourth-order valence-corrected chi connectivity index (χ4v) is 2.40. The molecule has 0 spiro atoms. The number of anilines is 1. The molecule has 1 aromatic heterocycles. The van der Waals surface area contributed by atoms with Gasteiger partial charge in [-0.3, -0.25) is 0 Å². The van der Waals surface area contributed by atoms with Crippen molar-refractivity contribution in [1.29, 1.82) is 0 Å². The van der Waals surface area contributed by atoms with E-state index in [1.807, 2.05) is 0 Å². The van der Waals surface area contributed by atoms with Gasteiger partial charge >= 0.3 is 0 Å². The summed E-state index contributed by atoms with van der Waals surface area (Å²) in [7, 11) is -3.78. The Morgan fingerprint density at radius 1 is 1.42 bits per heavy atom. The Balaban J connectivity index is 2.03. The SMILES string of the molecule is Nc1ccc(S(=O)(=O)NCCc2ncon2)cc1F.